The number of urea groups is 1. The van der Waals surface area contributed by atoms with Crippen molar-refractivity contribution in [3.05, 3.63) is 70.8 Å². The van der Waals surface area contributed by atoms with Crippen molar-refractivity contribution in [3.63, 3.8) is 0 Å². The van der Waals surface area contributed by atoms with Crippen LogP contribution in [0.4, 0.5) is 4.79 Å². The molecule has 28 heavy (non-hydrogen) atoms. The van der Waals surface area contributed by atoms with Gasteiger partial charge in [-0.25, -0.2) is 4.79 Å². The number of nitrogens with two attached hydrogens (primary N) is 1. The van der Waals surface area contributed by atoms with Gasteiger partial charge >= 0.3 is 6.03 Å². The molecule has 2 heterocycles. The van der Waals surface area contributed by atoms with Crippen LogP contribution in [-0.2, 0) is 11.3 Å². The summed E-state index contributed by atoms with van der Waals surface area (Å²) in [5.41, 5.74) is 9.34. The van der Waals surface area contributed by atoms with E-state index in [1.54, 1.807) is 4.90 Å². The predicted molar refractivity (Wildman–Crippen MR) is 106 cm³/mol. The molecular weight excluding hydrogens is 354 g/mol. The average molecular weight is 379 g/mol. The lowest BCUT2D eigenvalue weighted by molar-refractivity contribution is 0.0536. The molecule has 4 rings (SSSR count). The van der Waals surface area contributed by atoms with E-state index in [0.29, 0.717) is 31.2 Å². The summed E-state index contributed by atoms with van der Waals surface area (Å²) >= 11 is 0. The highest BCUT2D eigenvalue weighted by atomic mass is 16.5. The number of hydrogen-bond acceptors (Lipinski definition) is 3. The van der Waals surface area contributed by atoms with Crippen LogP contribution in [0.5, 0.6) is 0 Å². The first-order valence-corrected chi connectivity index (χ1v) is 9.73. The third kappa shape index (κ3) is 3.73. The van der Waals surface area contributed by atoms with E-state index in [0.717, 1.165) is 36.1 Å². The Balaban J connectivity index is 1.47. The Hall–Kier alpha value is -2.86. The van der Waals surface area contributed by atoms with E-state index in [2.05, 4.69) is 5.32 Å². The molecule has 2 aromatic carbocycles. The van der Waals surface area contributed by atoms with Crippen LogP contribution in [0.15, 0.2) is 48.5 Å². The Bertz CT molecular complexity index is 860. The third-order valence-corrected chi connectivity index (χ3v) is 5.58. The maximum atomic E-state index is 12.5. The van der Waals surface area contributed by atoms with E-state index in [4.69, 9.17) is 10.5 Å². The molecular formula is C22H25N3O3. The number of amides is 3. The van der Waals surface area contributed by atoms with Gasteiger partial charge in [-0.05, 0) is 47.6 Å². The van der Waals surface area contributed by atoms with Crippen LogP contribution in [-0.4, -0.2) is 36.6 Å². The molecule has 0 bridgehead atoms. The van der Waals surface area contributed by atoms with Crippen LogP contribution < -0.4 is 11.1 Å². The number of benzene rings is 2. The Morgan fingerprint density at radius 3 is 2.64 bits per heavy atom. The molecule has 0 aliphatic carbocycles. The summed E-state index contributed by atoms with van der Waals surface area (Å²) in [4.78, 5) is 26.0. The molecule has 2 unspecified atom stereocenters. The second-order valence-electron chi connectivity index (χ2n) is 7.48. The summed E-state index contributed by atoms with van der Waals surface area (Å²) in [6.45, 7) is 2.66. The predicted octanol–water partition coefficient (Wildman–Crippen LogP) is 2.83. The summed E-state index contributed by atoms with van der Waals surface area (Å²) < 4.78 is 5.46. The van der Waals surface area contributed by atoms with Crippen LogP contribution in [0.3, 0.4) is 0 Å². The van der Waals surface area contributed by atoms with Crippen molar-refractivity contribution < 1.29 is 14.3 Å². The highest BCUT2D eigenvalue weighted by Crippen LogP contribution is 2.38. The average Bonchev–Trinajstić information content (AvgIpc) is 3.13. The van der Waals surface area contributed by atoms with Crippen LogP contribution in [0.1, 0.15) is 45.9 Å². The van der Waals surface area contributed by atoms with Gasteiger partial charge in [-0.1, -0.05) is 36.4 Å². The summed E-state index contributed by atoms with van der Waals surface area (Å²) in [5.74, 6) is 0.298. The van der Waals surface area contributed by atoms with Gasteiger partial charge in [-0.15, -0.1) is 0 Å². The zero-order valence-electron chi connectivity index (χ0n) is 15.8. The minimum absolute atomic E-state index is 0.0873. The van der Waals surface area contributed by atoms with Gasteiger partial charge in [0.25, 0.3) is 5.91 Å². The van der Waals surface area contributed by atoms with Gasteiger partial charge in [0.2, 0.25) is 0 Å². The fourth-order valence-electron chi connectivity index (χ4n) is 4.08. The first kappa shape index (κ1) is 18.5. The molecule has 2 aliphatic rings. The van der Waals surface area contributed by atoms with E-state index >= 15 is 0 Å². The zero-order valence-corrected chi connectivity index (χ0v) is 15.8. The van der Waals surface area contributed by atoms with Crippen molar-refractivity contribution >= 4 is 11.9 Å². The molecule has 1 saturated heterocycles. The molecule has 3 amide bonds. The summed E-state index contributed by atoms with van der Waals surface area (Å²) in [5, 5.41) is 3.00. The Kier molecular flexibility index (Phi) is 5.30. The SMILES string of the molecule is NC(=O)N1Cc2ccccc2C1c1ccc(C(=O)NCC2CCCOC2)cc1. The van der Waals surface area contributed by atoms with Gasteiger partial charge in [0.05, 0.1) is 12.6 Å². The second-order valence-corrected chi connectivity index (χ2v) is 7.48. The number of carbonyl (C=O) groups excluding carboxylic acids is 2. The number of nitrogens with one attached hydrogen (secondary N) is 1. The van der Waals surface area contributed by atoms with Gasteiger partial charge in [-0.3, -0.25) is 4.79 Å². The molecule has 6 heteroatoms. The molecule has 3 N–H and O–H groups in total. The molecule has 0 aromatic heterocycles. The number of nitrogens with zero attached hydrogens (tertiary/aromatic N) is 1. The number of carbonyl (C=O) groups is 2. The quantitative estimate of drug-likeness (QED) is 0.857. The standard InChI is InChI=1S/C22H25N3O3/c23-22(27)25-13-18-5-1-2-6-19(18)20(25)16-7-9-17(10-8-16)21(26)24-12-15-4-3-11-28-14-15/h1-2,5-10,15,20H,3-4,11-14H2,(H2,23,27)(H,24,26). The zero-order chi connectivity index (χ0) is 19.5. The fourth-order valence-corrected chi connectivity index (χ4v) is 4.08. The Morgan fingerprint density at radius 2 is 1.93 bits per heavy atom. The number of hydrogen-bond donors (Lipinski definition) is 2. The number of primary amides is 1. The summed E-state index contributed by atoms with van der Waals surface area (Å²) in [6, 6.07) is 14.7. The normalized spacial score (nSPS) is 21.2. The van der Waals surface area contributed by atoms with E-state index in [9.17, 15) is 9.59 Å². The lowest BCUT2D eigenvalue weighted by Crippen LogP contribution is -2.35. The molecule has 2 aliphatic heterocycles. The fraction of sp³-hybridized carbons (Fsp3) is 0.364. The first-order chi connectivity index (χ1) is 13.6. The van der Waals surface area contributed by atoms with Gasteiger partial charge < -0.3 is 20.7 Å². The lowest BCUT2D eigenvalue weighted by atomic mass is 9.97. The summed E-state index contributed by atoms with van der Waals surface area (Å²) in [7, 11) is 0. The van der Waals surface area contributed by atoms with Gasteiger partial charge in [0, 0.05) is 25.3 Å². The Morgan fingerprint density at radius 1 is 1.14 bits per heavy atom. The molecule has 0 radical (unpaired) electrons. The summed E-state index contributed by atoms with van der Waals surface area (Å²) in [6.07, 6.45) is 2.14. The maximum Gasteiger partial charge on any atom is 0.315 e. The topological polar surface area (TPSA) is 84.7 Å². The molecule has 0 saturated carbocycles. The Labute approximate surface area is 164 Å². The van der Waals surface area contributed by atoms with E-state index in [1.165, 1.54) is 0 Å². The number of rotatable bonds is 4. The minimum atomic E-state index is -0.447. The van der Waals surface area contributed by atoms with Crippen molar-refractivity contribution in [2.75, 3.05) is 19.8 Å². The molecule has 1 fully saturated rings. The molecule has 6 nitrogen and oxygen atoms in total. The number of ether oxygens (including phenoxy) is 1. The van der Waals surface area contributed by atoms with Crippen molar-refractivity contribution in [1.29, 1.82) is 0 Å². The highest BCUT2D eigenvalue weighted by Gasteiger charge is 2.33. The van der Waals surface area contributed by atoms with Crippen molar-refractivity contribution in [1.82, 2.24) is 10.2 Å². The largest absolute Gasteiger partial charge is 0.381 e. The smallest absolute Gasteiger partial charge is 0.315 e. The van der Waals surface area contributed by atoms with Gasteiger partial charge in [0.15, 0.2) is 0 Å². The van der Waals surface area contributed by atoms with Crippen LogP contribution in [0.25, 0.3) is 0 Å². The van der Waals surface area contributed by atoms with Crippen molar-refractivity contribution in [2.45, 2.75) is 25.4 Å². The molecule has 146 valence electrons. The van der Waals surface area contributed by atoms with Crippen LogP contribution in [0.2, 0.25) is 0 Å². The second kappa shape index (κ2) is 8.02. The third-order valence-electron chi connectivity index (χ3n) is 5.58. The van der Waals surface area contributed by atoms with Crippen molar-refractivity contribution in [2.24, 2.45) is 11.7 Å². The van der Waals surface area contributed by atoms with Gasteiger partial charge in [-0.2, -0.15) is 0 Å². The molecule has 0 spiro atoms. The van der Waals surface area contributed by atoms with Gasteiger partial charge in [0.1, 0.15) is 0 Å². The van der Waals surface area contributed by atoms with Crippen molar-refractivity contribution in [3.8, 4) is 0 Å². The first-order valence-electron chi connectivity index (χ1n) is 9.73. The van der Waals surface area contributed by atoms with E-state index in [-0.39, 0.29) is 11.9 Å². The van der Waals surface area contributed by atoms with E-state index < -0.39 is 6.03 Å². The van der Waals surface area contributed by atoms with Crippen LogP contribution >= 0.6 is 0 Å². The molecule has 2 atom stereocenters. The number of fused-ring (bicyclic) bond motifs is 1. The maximum absolute atomic E-state index is 12.5. The van der Waals surface area contributed by atoms with E-state index in [1.807, 2.05) is 48.5 Å². The highest BCUT2D eigenvalue weighted by molar-refractivity contribution is 5.94. The van der Waals surface area contributed by atoms with Crippen LogP contribution in [0, 0.1) is 5.92 Å². The monoisotopic (exact) mass is 379 g/mol. The minimum Gasteiger partial charge on any atom is -0.381 e. The molecule has 2 aromatic rings. The lowest BCUT2D eigenvalue weighted by Gasteiger charge is -2.24.